The fourth-order valence-electron chi connectivity index (χ4n) is 3.79. The van der Waals surface area contributed by atoms with Gasteiger partial charge < -0.3 is 14.5 Å². The molecule has 1 unspecified atom stereocenters. The van der Waals surface area contributed by atoms with Crippen LogP contribution in [0.15, 0.2) is 30.7 Å². The molecule has 0 aliphatic carbocycles. The summed E-state index contributed by atoms with van der Waals surface area (Å²) in [6.45, 7) is 7.87. The van der Waals surface area contributed by atoms with Crippen LogP contribution in [0, 0.1) is 6.92 Å². The number of carbonyl (C=O) groups is 2. The minimum Gasteiger partial charge on any atom is -0.419 e. The number of ether oxygens (including phenoxy) is 1. The van der Waals surface area contributed by atoms with Gasteiger partial charge >= 0.3 is 6.09 Å². The molecular formula is C21H26N6O3. The molecule has 0 spiro atoms. The van der Waals surface area contributed by atoms with Gasteiger partial charge in [-0.1, -0.05) is 6.07 Å². The van der Waals surface area contributed by atoms with E-state index in [1.165, 1.54) is 30.1 Å². The zero-order valence-electron chi connectivity index (χ0n) is 17.3. The van der Waals surface area contributed by atoms with Gasteiger partial charge in [0.25, 0.3) is 5.91 Å². The van der Waals surface area contributed by atoms with Crippen molar-refractivity contribution in [3.8, 4) is 0 Å². The predicted molar refractivity (Wildman–Crippen MR) is 110 cm³/mol. The van der Waals surface area contributed by atoms with Gasteiger partial charge in [-0.05, 0) is 51.4 Å². The van der Waals surface area contributed by atoms with Crippen molar-refractivity contribution in [2.45, 2.75) is 32.9 Å². The van der Waals surface area contributed by atoms with Crippen molar-refractivity contribution in [3.63, 3.8) is 0 Å². The molecule has 0 N–H and O–H groups in total. The summed E-state index contributed by atoms with van der Waals surface area (Å²) in [6, 6.07) is 3.58. The van der Waals surface area contributed by atoms with E-state index in [-0.39, 0.29) is 11.6 Å². The summed E-state index contributed by atoms with van der Waals surface area (Å²) < 4.78 is 5.80. The first-order chi connectivity index (χ1) is 14.6. The van der Waals surface area contributed by atoms with Gasteiger partial charge in [0.15, 0.2) is 5.69 Å². The minimum absolute atomic E-state index is 0.179. The van der Waals surface area contributed by atoms with E-state index in [4.69, 9.17) is 4.74 Å². The number of aromatic nitrogens is 3. The van der Waals surface area contributed by atoms with Gasteiger partial charge in [-0.25, -0.2) is 19.7 Å². The van der Waals surface area contributed by atoms with Crippen LogP contribution in [-0.2, 0) is 4.74 Å². The Morgan fingerprint density at radius 1 is 1.20 bits per heavy atom. The zero-order valence-corrected chi connectivity index (χ0v) is 17.3. The average Bonchev–Trinajstić information content (AvgIpc) is 3.37. The average molecular weight is 410 g/mol. The van der Waals surface area contributed by atoms with E-state index >= 15 is 0 Å². The first kappa shape index (κ1) is 20.2. The molecule has 9 nitrogen and oxygen atoms in total. The van der Waals surface area contributed by atoms with Crippen LogP contribution in [0.2, 0.25) is 0 Å². The molecule has 2 amide bonds. The fraction of sp³-hybridized carbons (Fsp3) is 0.476. The Labute approximate surface area is 175 Å². The molecule has 1 atom stereocenters. The summed E-state index contributed by atoms with van der Waals surface area (Å²) in [5.74, 6) is 0.00989. The number of hydrogen-bond acceptors (Lipinski definition) is 7. The van der Waals surface area contributed by atoms with Crippen LogP contribution in [0.4, 0.5) is 10.6 Å². The molecule has 4 heterocycles. The van der Waals surface area contributed by atoms with Crippen LogP contribution in [0.3, 0.4) is 0 Å². The standard InChI is InChI=1S/C21H26N6O3/c1-3-26(13-12-25-10-4-5-11-25)21(29)30-20-18-17(22-8-9-23-18)19(28)27(20)16-7-6-15(2)14-24-16/h6-9,14,20H,3-5,10-13H2,1-2H3. The normalized spacial score (nSPS) is 18.5. The quantitative estimate of drug-likeness (QED) is 0.722. The predicted octanol–water partition coefficient (Wildman–Crippen LogP) is 2.39. The second-order valence-corrected chi connectivity index (χ2v) is 7.52. The van der Waals surface area contributed by atoms with Crippen LogP contribution in [0.25, 0.3) is 0 Å². The van der Waals surface area contributed by atoms with E-state index in [0.29, 0.717) is 24.6 Å². The molecule has 0 aromatic carbocycles. The third kappa shape index (κ3) is 3.97. The van der Waals surface area contributed by atoms with Crippen molar-refractivity contribution < 1.29 is 14.3 Å². The second kappa shape index (κ2) is 8.74. The van der Waals surface area contributed by atoms with Crippen LogP contribution in [0.5, 0.6) is 0 Å². The first-order valence-electron chi connectivity index (χ1n) is 10.3. The molecule has 30 heavy (non-hydrogen) atoms. The number of fused-ring (bicyclic) bond motifs is 1. The number of rotatable bonds is 6. The lowest BCUT2D eigenvalue weighted by molar-refractivity contribution is 0.0584. The Bertz CT molecular complexity index is 913. The van der Waals surface area contributed by atoms with Gasteiger partial charge in [-0.2, -0.15) is 0 Å². The Kier molecular flexibility index (Phi) is 5.89. The number of likely N-dealkylation sites (tertiary alicyclic amines) is 1. The zero-order chi connectivity index (χ0) is 21.1. The number of aryl methyl sites for hydroxylation is 1. The molecule has 2 aromatic heterocycles. The lowest BCUT2D eigenvalue weighted by Crippen LogP contribution is -2.40. The maximum Gasteiger partial charge on any atom is 0.412 e. The van der Waals surface area contributed by atoms with Gasteiger partial charge in [0.1, 0.15) is 11.5 Å². The van der Waals surface area contributed by atoms with E-state index in [0.717, 1.165) is 25.2 Å². The molecule has 9 heteroatoms. The summed E-state index contributed by atoms with van der Waals surface area (Å²) in [5, 5.41) is 0. The van der Waals surface area contributed by atoms with Gasteiger partial charge in [0.2, 0.25) is 6.23 Å². The molecule has 0 bridgehead atoms. The SMILES string of the molecule is CCN(CCN1CCCC1)C(=O)OC1c2nccnc2C(=O)N1c1ccc(C)cn1. The third-order valence-electron chi connectivity index (χ3n) is 5.50. The van der Waals surface area contributed by atoms with E-state index in [1.54, 1.807) is 17.2 Å². The molecule has 158 valence electrons. The van der Waals surface area contributed by atoms with Gasteiger partial charge in [0, 0.05) is 38.2 Å². The molecule has 2 aromatic rings. The maximum atomic E-state index is 13.0. The molecule has 0 saturated carbocycles. The van der Waals surface area contributed by atoms with Crippen LogP contribution < -0.4 is 4.90 Å². The van der Waals surface area contributed by atoms with Gasteiger partial charge in [0.05, 0.1) is 0 Å². The molecule has 2 aliphatic heterocycles. The summed E-state index contributed by atoms with van der Waals surface area (Å²) >= 11 is 0. The number of likely N-dealkylation sites (N-methyl/N-ethyl adjacent to an activating group) is 1. The largest absolute Gasteiger partial charge is 0.419 e. The van der Waals surface area contributed by atoms with Crippen molar-refractivity contribution in [1.29, 1.82) is 0 Å². The molecule has 4 rings (SSSR count). The van der Waals surface area contributed by atoms with E-state index in [2.05, 4.69) is 19.9 Å². The van der Waals surface area contributed by atoms with Crippen LogP contribution >= 0.6 is 0 Å². The highest BCUT2D eigenvalue weighted by Crippen LogP contribution is 2.35. The van der Waals surface area contributed by atoms with Crippen LogP contribution in [0.1, 0.15) is 47.7 Å². The number of carbonyl (C=O) groups excluding carboxylic acids is 2. The Hall–Kier alpha value is -3.07. The van der Waals surface area contributed by atoms with Crippen LogP contribution in [-0.4, -0.2) is 69.5 Å². The monoisotopic (exact) mass is 410 g/mol. The highest BCUT2D eigenvalue weighted by Gasteiger charge is 2.44. The fourth-order valence-corrected chi connectivity index (χ4v) is 3.79. The number of nitrogens with zero attached hydrogens (tertiary/aromatic N) is 6. The van der Waals surface area contributed by atoms with E-state index < -0.39 is 12.3 Å². The molecule has 1 fully saturated rings. The smallest absolute Gasteiger partial charge is 0.412 e. The highest BCUT2D eigenvalue weighted by molar-refractivity contribution is 6.08. The summed E-state index contributed by atoms with van der Waals surface area (Å²) in [4.78, 5) is 44.1. The molecule has 0 radical (unpaired) electrons. The Balaban J connectivity index is 1.55. The minimum atomic E-state index is -0.996. The second-order valence-electron chi connectivity index (χ2n) is 7.52. The first-order valence-corrected chi connectivity index (χ1v) is 10.3. The van der Waals surface area contributed by atoms with E-state index in [9.17, 15) is 9.59 Å². The van der Waals surface area contributed by atoms with Gasteiger partial charge in [-0.3, -0.25) is 9.78 Å². The maximum absolute atomic E-state index is 13.0. The lowest BCUT2D eigenvalue weighted by Gasteiger charge is -2.28. The third-order valence-corrected chi connectivity index (χ3v) is 5.50. The van der Waals surface area contributed by atoms with E-state index in [1.807, 2.05) is 19.9 Å². The van der Waals surface area contributed by atoms with Crippen molar-refractivity contribution >= 4 is 17.8 Å². The summed E-state index contributed by atoms with van der Waals surface area (Å²) in [7, 11) is 0. The van der Waals surface area contributed by atoms with Gasteiger partial charge in [-0.15, -0.1) is 0 Å². The number of anilines is 1. The molecule has 1 saturated heterocycles. The van der Waals surface area contributed by atoms with Crippen molar-refractivity contribution in [2.24, 2.45) is 0 Å². The van der Waals surface area contributed by atoms with Crippen molar-refractivity contribution in [2.75, 3.05) is 37.6 Å². The number of amides is 2. The highest BCUT2D eigenvalue weighted by atomic mass is 16.6. The molecule has 2 aliphatic rings. The topological polar surface area (TPSA) is 91.8 Å². The van der Waals surface area contributed by atoms with Crippen molar-refractivity contribution in [3.05, 3.63) is 47.7 Å². The lowest BCUT2D eigenvalue weighted by atomic mass is 10.3. The van der Waals surface area contributed by atoms with Crippen molar-refractivity contribution in [1.82, 2.24) is 24.8 Å². The Morgan fingerprint density at radius 3 is 2.67 bits per heavy atom. The Morgan fingerprint density at radius 2 is 1.97 bits per heavy atom. The number of pyridine rings is 1. The summed E-state index contributed by atoms with van der Waals surface area (Å²) in [5.41, 5.74) is 1.47. The molecular weight excluding hydrogens is 384 g/mol. The number of hydrogen-bond donors (Lipinski definition) is 0. The summed E-state index contributed by atoms with van der Waals surface area (Å²) in [6.07, 6.45) is 5.54.